The smallest absolute Gasteiger partial charge is 0.138 e. The van der Waals surface area contributed by atoms with Gasteiger partial charge in [0.1, 0.15) is 5.75 Å². The predicted molar refractivity (Wildman–Crippen MR) is 109 cm³/mol. The number of halogens is 2. The molecule has 1 unspecified atom stereocenters. The van der Waals surface area contributed by atoms with E-state index in [0.29, 0.717) is 6.04 Å². The first kappa shape index (κ1) is 19.5. The molecule has 130 valence electrons. The Kier molecular flexibility index (Phi) is 7.79. The summed E-state index contributed by atoms with van der Waals surface area (Å²) in [6.07, 6.45) is 2.35. The lowest BCUT2D eigenvalue weighted by molar-refractivity contribution is 0.237. The van der Waals surface area contributed by atoms with Crippen molar-refractivity contribution in [3.05, 3.63) is 62.5 Å². The molecule has 0 saturated heterocycles. The summed E-state index contributed by atoms with van der Waals surface area (Å²) in [5.74, 6) is 0.927. The highest BCUT2D eigenvalue weighted by Gasteiger charge is 2.13. The zero-order valence-electron chi connectivity index (χ0n) is 14.5. The predicted octanol–water partition coefficient (Wildman–Crippen LogP) is 6.11. The maximum atomic E-state index is 5.98. The molecule has 0 aromatic heterocycles. The van der Waals surface area contributed by atoms with E-state index in [4.69, 9.17) is 4.74 Å². The monoisotopic (exact) mass is 453 g/mol. The molecule has 0 aliphatic rings. The number of rotatable bonds is 8. The molecule has 2 aromatic carbocycles. The van der Waals surface area contributed by atoms with Crippen molar-refractivity contribution in [2.45, 2.75) is 52.3 Å². The maximum Gasteiger partial charge on any atom is 0.138 e. The van der Waals surface area contributed by atoms with E-state index in [1.165, 1.54) is 5.56 Å². The van der Waals surface area contributed by atoms with Crippen LogP contribution in [0.4, 0.5) is 0 Å². The highest BCUT2D eigenvalue weighted by atomic mass is 79.9. The van der Waals surface area contributed by atoms with E-state index in [9.17, 15) is 0 Å². The van der Waals surface area contributed by atoms with Crippen LogP contribution in [0.25, 0.3) is 0 Å². The molecule has 0 bridgehead atoms. The summed E-state index contributed by atoms with van der Waals surface area (Å²) < 4.78 is 8.03. The SMILES string of the molecule is CC(CCc1ccccc1)NCc1cc(Br)cc(Br)c1OC(C)C. The highest BCUT2D eigenvalue weighted by Crippen LogP contribution is 2.33. The molecule has 0 heterocycles. The van der Waals surface area contributed by atoms with Gasteiger partial charge in [0.05, 0.1) is 10.6 Å². The van der Waals surface area contributed by atoms with E-state index in [1.54, 1.807) is 0 Å². The van der Waals surface area contributed by atoms with E-state index < -0.39 is 0 Å². The third kappa shape index (κ3) is 6.23. The second kappa shape index (κ2) is 9.59. The van der Waals surface area contributed by atoms with Crippen molar-refractivity contribution in [1.82, 2.24) is 5.32 Å². The Labute approximate surface area is 162 Å². The first-order chi connectivity index (χ1) is 11.5. The zero-order chi connectivity index (χ0) is 17.5. The number of hydrogen-bond acceptors (Lipinski definition) is 2. The third-order valence-corrected chi connectivity index (χ3v) is 4.84. The fourth-order valence-electron chi connectivity index (χ4n) is 2.53. The molecule has 0 aliphatic heterocycles. The first-order valence-electron chi connectivity index (χ1n) is 8.37. The van der Waals surface area contributed by atoms with E-state index >= 15 is 0 Å². The average Bonchev–Trinajstić information content (AvgIpc) is 2.54. The second-order valence-corrected chi connectivity index (χ2v) is 8.12. The molecule has 2 nitrogen and oxygen atoms in total. The van der Waals surface area contributed by atoms with Crippen LogP contribution in [0.15, 0.2) is 51.4 Å². The van der Waals surface area contributed by atoms with Crippen molar-refractivity contribution < 1.29 is 4.74 Å². The number of benzene rings is 2. The summed E-state index contributed by atoms with van der Waals surface area (Å²) in [6, 6.07) is 15.2. The van der Waals surface area contributed by atoms with Crippen LogP contribution in [-0.2, 0) is 13.0 Å². The maximum absolute atomic E-state index is 5.98. The Morgan fingerprint density at radius 2 is 1.75 bits per heavy atom. The minimum absolute atomic E-state index is 0.150. The van der Waals surface area contributed by atoms with Gasteiger partial charge in [-0.1, -0.05) is 46.3 Å². The molecule has 0 radical (unpaired) electrons. The minimum Gasteiger partial charge on any atom is -0.489 e. The van der Waals surface area contributed by atoms with Crippen molar-refractivity contribution in [3.8, 4) is 5.75 Å². The van der Waals surface area contributed by atoms with Crippen LogP contribution in [-0.4, -0.2) is 12.1 Å². The normalized spacial score (nSPS) is 12.4. The molecule has 0 spiro atoms. The van der Waals surface area contributed by atoms with Crippen LogP contribution in [0, 0.1) is 0 Å². The van der Waals surface area contributed by atoms with Crippen LogP contribution < -0.4 is 10.1 Å². The summed E-state index contributed by atoms with van der Waals surface area (Å²) in [5, 5.41) is 3.62. The molecule has 0 aliphatic carbocycles. The van der Waals surface area contributed by atoms with Crippen molar-refractivity contribution in [3.63, 3.8) is 0 Å². The van der Waals surface area contributed by atoms with Gasteiger partial charge in [-0.05, 0) is 67.2 Å². The highest BCUT2D eigenvalue weighted by molar-refractivity contribution is 9.11. The molecule has 0 saturated carbocycles. The molecule has 2 aromatic rings. The Hall–Kier alpha value is -0.840. The van der Waals surface area contributed by atoms with Crippen molar-refractivity contribution in [2.24, 2.45) is 0 Å². The van der Waals surface area contributed by atoms with Crippen LogP contribution in [0.5, 0.6) is 5.75 Å². The Morgan fingerprint density at radius 1 is 1.04 bits per heavy atom. The van der Waals surface area contributed by atoms with Crippen LogP contribution in [0.1, 0.15) is 38.3 Å². The number of ether oxygens (including phenoxy) is 1. The first-order valence-corrected chi connectivity index (χ1v) is 9.96. The summed E-state index contributed by atoms with van der Waals surface area (Å²) in [4.78, 5) is 0. The third-order valence-electron chi connectivity index (χ3n) is 3.79. The van der Waals surface area contributed by atoms with E-state index in [2.05, 4.69) is 80.5 Å². The number of nitrogens with one attached hydrogen (secondary N) is 1. The standard InChI is InChI=1S/C20H25Br2NO/c1-14(2)24-20-17(11-18(21)12-19(20)22)13-23-15(3)9-10-16-7-5-4-6-8-16/h4-8,11-12,14-15,23H,9-10,13H2,1-3H3. The topological polar surface area (TPSA) is 21.3 Å². The van der Waals surface area contributed by atoms with Gasteiger partial charge in [-0.2, -0.15) is 0 Å². The Bertz CT molecular complexity index is 644. The average molecular weight is 455 g/mol. The van der Waals surface area contributed by atoms with Crippen LogP contribution in [0.2, 0.25) is 0 Å². The Morgan fingerprint density at radius 3 is 2.42 bits per heavy atom. The Balaban J connectivity index is 1.95. The van der Waals surface area contributed by atoms with Gasteiger partial charge in [0.15, 0.2) is 0 Å². The summed E-state index contributed by atoms with van der Waals surface area (Å²) in [5.41, 5.74) is 2.55. The molecule has 4 heteroatoms. The van der Waals surface area contributed by atoms with Gasteiger partial charge in [0, 0.05) is 22.6 Å². The molecular formula is C20H25Br2NO. The van der Waals surface area contributed by atoms with Crippen molar-refractivity contribution >= 4 is 31.9 Å². The van der Waals surface area contributed by atoms with Gasteiger partial charge in [0.2, 0.25) is 0 Å². The van der Waals surface area contributed by atoms with Crippen LogP contribution >= 0.6 is 31.9 Å². The molecule has 1 atom stereocenters. The second-order valence-electron chi connectivity index (χ2n) is 6.35. The van der Waals surface area contributed by atoms with Crippen LogP contribution in [0.3, 0.4) is 0 Å². The van der Waals surface area contributed by atoms with Gasteiger partial charge < -0.3 is 10.1 Å². The molecular weight excluding hydrogens is 430 g/mol. The van der Waals surface area contributed by atoms with Gasteiger partial charge in [0.25, 0.3) is 0 Å². The summed E-state index contributed by atoms with van der Waals surface area (Å²) >= 11 is 7.18. The largest absolute Gasteiger partial charge is 0.489 e. The molecule has 0 fully saturated rings. The van der Waals surface area contributed by atoms with Gasteiger partial charge in [-0.15, -0.1) is 0 Å². The molecule has 1 N–H and O–H groups in total. The van der Waals surface area contributed by atoms with Gasteiger partial charge in [-0.25, -0.2) is 0 Å². The number of aryl methyl sites for hydroxylation is 1. The lowest BCUT2D eigenvalue weighted by Crippen LogP contribution is -2.26. The van der Waals surface area contributed by atoms with E-state index in [1.807, 2.05) is 19.9 Å². The van der Waals surface area contributed by atoms with Crippen molar-refractivity contribution in [2.75, 3.05) is 0 Å². The van der Waals surface area contributed by atoms with Crippen molar-refractivity contribution in [1.29, 1.82) is 0 Å². The fourth-order valence-corrected chi connectivity index (χ4v) is 3.93. The lowest BCUT2D eigenvalue weighted by Gasteiger charge is -2.19. The molecule has 2 rings (SSSR count). The minimum atomic E-state index is 0.150. The van der Waals surface area contributed by atoms with Gasteiger partial charge >= 0.3 is 0 Å². The molecule has 0 amide bonds. The van der Waals surface area contributed by atoms with E-state index in [0.717, 1.165) is 39.6 Å². The van der Waals surface area contributed by atoms with E-state index in [-0.39, 0.29) is 6.10 Å². The lowest BCUT2D eigenvalue weighted by atomic mass is 10.1. The quantitative estimate of drug-likeness (QED) is 0.519. The summed E-state index contributed by atoms with van der Waals surface area (Å²) in [6.45, 7) is 7.12. The zero-order valence-corrected chi connectivity index (χ0v) is 17.7. The fraction of sp³-hybridized carbons (Fsp3) is 0.400. The number of hydrogen-bond donors (Lipinski definition) is 1. The molecule has 24 heavy (non-hydrogen) atoms. The van der Waals surface area contributed by atoms with Gasteiger partial charge in [-0.3, -0.25) is 0 Å². The summed E-state index contributed by atoms with van der Waals surface area (Å²) in [7, 11) is 0.